The summed E-state index contributed by atoms with van der Waals surface area (Å²) in [5.74, 6) is 1.25. The van der Waals surface area contributed by atoms with Crippen molar-refractivity contribution in [3.63, 3.8) is 0 Å². The minimum Gasteiger partial charge on any atom is -0.493 e. The molecule has 0 saturated carbocycles. The van der Waals surface area contributed by atoms with Crippen LogP contribution >= 0.6 is 22.9 Å². The third-order valence-corrected chi connectivity index (χ3v) is 3.54. The zero-order valence-electron chi connectivity index (χ0n) is 10.2. The van der Waals surface area contributed by atoms with E-state index in [1.807, 2.05) is 4.90 Å². The van der Waals surface area contributed by atoms with Crippen molar-refractivity contribution in [1.82, 2.24) is 9.97 Å². The molecule has 0 aliphatic heterocycles. The average Bonchev–Trinajstić information content (AvgIpc) is 2.84. The van der Waals surface area contributed by atoms with E-state index < -0.39 is 0 Å². The number of aromatic nitrogens is 2. The van der Waals surface area contributed by atoms with Crippen molar-refractivity contribution in [2.75, 3.05) is 18.6 Å². The first-order chi connectivity index (χ1) is 9.24. The maximum Gasteiger partial charge on any atom is 0.183 e. The Labute approximate surface area is 119 Å². The predicted molar refractivity (Wildman–Crippen MR) is 75.0 cm³/mol. The van der Waals surface area contributed by atoms with Gasteiger partial charge in [-0.15, -0.1) is 11.3 Å². The molecule has 0 aliphatic rings. The fourth-order valence-electron chi connectivity index (χ4n) is 1.64. The van der Waals surface area contributed by atoms with Crippen LogP contribution in [0.1, 0.15) is 4.88 Å². The van der Waals surface area contributed by atoms with Crippen LogP contribution in [0.25, 0.3) is 0 Å². The molecule has 0 aliphatic carbocycles. The van der Waals surface area contributed by atoms with Crippen LogP contribution in [0.2, 0.25) is 4.47 Å². The van der Waals surface area contributed by atoms with Gasteiger partial charge in [-0.25, -0.2) is 9.97 Å². The standard InChI is InChI=1S/C12H12ClN3O2S/c1-18-10-3-2-4-14-11(10)16(5-6-17)8-9-7-15-12(13)19-9/h2-4,6-7H,5,8H2,1H3. The van der Waals surface area contributed by atoms with Gasteiger partial charge in [0.15, 0.2) is 16.0 Å². The minimum absolute atomic E-state index is 0.225. The van der Waals surface area contributed by atoms with E-state index in [1.165, 1.54) is 11.3 Å². The zero-order chi connectivity index (χ0) is 13.7. The lowest BCUT2D eigenvalue weighted by molar-refractivity contribution is -0.106. The van der Waals surface area contributed by atoms with E-state index >= 15 is 0 Å². The number of ether oxygens (including phenoxy) is 1. The van der Waals surface area contributed by atoms with E-state index in [4.69, 9.17) is 16.3 Å². The van der Waals surface area contributed by atoms with Crippen LogP contribution in [0.4, 0.5) is 5.82 Å². The molecule has 0 amide bonds. The highest BCUT2D eigenvalue weighted by Crippen LogP contribution is 2.27. The lowest BCUT2D eigenvalue weighted by Crippen LogP contribution is -2.25. The van der Waals surface area contributed by atoms with Gasteiger partial charge in [0.05, 0.1) is 20.2 Å². The van der Waals surface area contributed by atoms with Gasteiger partial charge in [-0.3, -0.25) is 0 Å². The van der Waals surface area contributed by atoms with Crippen molar-refractivity contribution in [2.45, 2.75) is 6.54 Å². The van der Waals surface area contributed by atoms with Crippen molar-refractivity contribution >= 4 is 35.0 Å². The molecule has 19 heavy (non-hydrogen) atoms. The molecule has 0 atom stereocenters. The molecule has 0 aromatic carbocycles. The summed E-state index contributed by atoms with van der Waals surface area (Å²) in [5.41, 5.74) is 0. The number of thiazole rings is 1. The largest absolute Gasteiger partial charge is 0.493 e. The summed E-state index contributed by atoms with van der Waals surface area (Å²) in [5, 5.41) is 0. The van der Waals surface area contributed by atoms with Crippen LogP contribution in [-0.2, 0) is 11.3 Å². The van der Waals surface area contributed by atoms with E-state index in [1.54, 1.807) is 31.6 Å². The first-order valence-corrected chi connectivity index (χ1v) is 6.72. The second kappa shape index (κ2) is 6.49. The molecule has 0 spiro atoms. The van der Waals surface area contributed by atoms with Crippen molar-refractivity contribution in [1.29, 1.82) is 0 Å². The smallest absolute Gasteiger partial charge is 0.183 e. The molecule has 2 aromatic heterocycles. The highest BCUT2D eigenvalue weighted by atomic mass is 35.5. The Hall–Kier alpha value is -1.66. The first-order valence-electron chi connectivity index (χ1n) is 5.52. The number of aldehydes is 1. The molecule has 0 radical (unpaired) electrons. The first kappa shape index (κ1) is 13.8. The van der Waals surface area contributed by atoms with Crippen molar-refractivity contribution in [3.8, 4) is 5.75 Å². The summed E-state index contributed by atoms with van der Waals surface area (Å²) < 4.78 is 5.74. The molecule has 2 rings (SSSR count). The highest BCUT2D eigenvalue weighted by Gasteiger charge is 2.14. The van der Waals surface area contributed by atoms with E-state index in [9.17, 15) is 4.79 Å². The number of hydrogen-bond donors (Lipinski definition) is 0. The molecule has 0 unspecified atom stereocenters. The third kappa shape index (κ3) is 3.42. The van der Waals surface area contributed by atoms with Crippen LogP contribution in [-0.4, -0.2) is 29.9 Å². The summed E-state index contributed by atoms with van der Waals surface area (Å²) >= 11 is 7.18. The van der Waals surface area contributed by atoms with E-state index in [0.717, 1.165) is 11.2 Å². The number of rotatable bonds is 6. The Balaban J connectivity index is 2.26. The SMILES string of the molecule is COc1cccnc1N(CC=O)Cc1cnc(Cl)s1. The number of methoxy groups -OCH3 is 1. The van der Waals surface area contributed by atoms with Gasteiger partial charge in [-0.1, -0.05) is 11.6 Å². The van der Waals surface area contributed by atoms with Crippen molar-refractivity contribution in [3.05, 3.63) is 33.9 Å². The van der Waals surface area contributed by atoms with Gasteiger partial charge in [0.2, 0.25) is 0 Å². The molecule has 0 fully saturated rings. The van der Waals surface area contributed by atoms with Crippen LogP contribution in [0.15, 0.2) is 24.5 Å². The fraction of sp³-hybridized carbons (Fsp3) is 0.250. The topological polar surface area (TPSA) is 55.3 Å². The Kier molecular flexibility index (Phi) is 4.70. The Morgan fingerprint density at radius 2 is 2.37 bits per heavy atom. The Bertz CT molecular complexity index is 561. The number of anilines is 1. The van der Waals surface area contributed by atoms with Crippen molar-refractivity contribution < 1.29 is 9.53 Å². The van der Waals surface area contributed by atoms with Gasteiger partial charge < -0.3 is 14.4 Å². The normalized spacial score (nSPS) is 10.2. The number of nitrogens with zero attached hydrogens (tertiary/aromatic N) is 3. The van der Waals surface area contributed by atoms with Crippen LogP contribution in [0.5, 0.6) is 5.75 Å². The molecule has 2 heterocycles. The summed E-state index contributed by atoms with van der Waals surface area (Å²) in [6.45, 7) is 0.736. The molecule has 0 bridgehead atoms. The maximum atomic E-state index is 10.8. The molecular formula is C12H12ClN3O2S. The van der Waals surface area contributed by atoms with E-state index in [2.05, 4.69) is 9.97 Å². The molecule has 100 valence electrons. The van der Waals surface area contributed by atoms with Crippen LogP contribution in [0, 0.1) is 0 Å². The number of carbonyl (C=O) groups is 1. The monoisotopic (exact) mass is 297 g/mol. The van der Waals surface area contributed by atoms with Gasteiger partial charge in [-0.05, 0) is 12.1 Å². The number of carbonyl (C=O) groups excluding carboxylic acids is 1. The molecule has 7 heteroatoms. The van der Waals surface area contributed by atoms with Gasteiger partial charge in [0, 0.05) is 17.3 Å². The van der Waals surface area contributed by atoms with E-state index in [-0.39, 0.29) is 6.54 Å². The van der Waals surface area contributed by atoms with Gasteiger partial charge >= 0.3 is 0 Å². The van der Waals surface area contributed by atoms with Gasteiger partial charge in [-0.2, -0.15) is 0 Å². The Morgan fingerprint density at radius 3 is 3.00 bits per heavy atom. The molecular weight excluding hydrogens is 286 g/mol. The number of hydrogen-bond acceptors (Lipinski definition) is 6. The maximum absolute atomic E-state index is 10.8. The van der Waals surface area contributed by atoms with Crippen LogP contribution < -0.4 is 9.64 Å². The summed E-state index contributed by atoms with van der Waals surface area (Å²) in [6.07, 6.45) is 4.19. The third-order valence-electron chi connectivity index (χ3n) is 2.44. The lowest BCUT2D eigenvalue weighted by Gasteiger charge is -2.22. The molecule has 5 nitrogen and oxygen atoms in total. The summed E-state index contributed by atoms with van der Waals surface area (Å²) in [4.78, 5) is 21.9. The van der Waals surface area contributed by atoms with Gasteiger partial charge in [0.25, 0.3) is 0 Å². The average molecular weight is 298 g/mol. The molecule has 0 N–H and O–H groups in total. The predicted octanol–water partition coefficient (Wildman–Crippen LogP) is 2.41. The number of halogens is 1. The zero-order valence-corrected chi connectivity index (χ0v) is 11.8. The second-order valence-electron chi connectivity index (χ2n) is 3.66. The van der Waals surface area contributed by atoms with Crippen LogP contribution in [0.3, 0.4) is 0 Å². The highest BCUT2D eigenvalue weighted by molar-refractivity contribution is 7.15. The molecule has 0 saturated heterocycles. The van der Waals surface area contributed by atoms with Gasteiger partial charge in [0.1, 0.15) is 6.29 Å². The molecule has 2 aromatic rings. The van der Waals surface area contributed by atoms with E-state index in [0.29, 0.717) is 22.6 Å². The summed E-state index contributed by atoms with van der Waals surface area (Å²) in [7, 11) is 1.57. The quantitative estimate of drug-likeness (QED) is 0.766. The lowest BCUT2D eigenvalue weighted by atomic mass is 10.3. The minimum atomic E-state index is 0.225. The van der Waals surface area contributed by atoms with Crippen molar-refractivity contribution in [2.24, 2.45) is 0 Å². The fourth-order valence-corrected chi connectivity index (χ4v) is 2.63. The second-order valence-corrected chi connectivity index (χ2v) is 5.35. The number of pyridine rings is 1. The Morgan fingerprint density at radius 1 is 1.53 bits per heavy atom. The summed E-state index contributed by atoms with van der Waals surface area (Å²) in [6, 6.07) is 3.59.